The smallest absolute Gasteiger partial charge is 0.254 e. The lowest BCUT2D eigenvalue weighted by Crippen LogP contribution is -2.41. The van der Waals surface area contributed by atoms with Crippen molar-refractivity contribution in [2.24, 2.45) is 5.84 Å². The van der Waals surface area contributed by atoms with Gasteiger partial charge in [-0.25, -0.2) is 10.8 Å². The normalized spacial score (nSPS) is 15.1. The zero-order valence-corrected chi connectivity index (χ0v) is 10.9. The van der Waals surface area contributed by atoms with Crippen LogP contribution < -0.4 is 11.3 Å². The molecule has 1 aliphatic carbocycles. The lowest BCUT2D eigenvalue weighted by molar-refractivity contribution is 0.0652. The predicted molar refractivity (Wildman–Crippen MR) is 71.2 cm³/mol. The summed E-state index contributed by atoms with van der Waals surface area (Å²) in [4.78, 5) is 18.5. The van der Waals surface area contributed by atoms with Gasteiger partial charge in [-0.05, 0) is 37.8 Å². The van der Waals surface area contributed by atoms with E-state index in [1.165, 1.54) is 6.42 Å². The van der Waals surface area contributed by atoms with E-state index in [2.05, 4.69) is 10.4 Å². The maximum atomic E-state index is 12.3. The van der Waals surface area contributed by atoms with Crippen molar-refractivity contribution < 1.29 is 4.79 Å². The summed E-state index contributed by atoms with van der Waals surface area (Å²) < 4.78 is 0. The van der Waals surface area contributed by atoms with Crippen molar-refractivity contribution in [3.63, 3.8) is 0 Å². The van der Waals surface area contributed by atoms with E-state index >= 15 is 0 Å². The standard InChI is InChI=1S/C13H20N4O/c1-3-10-7-9(8-12(15-10)16-14)13(18)17(2)11-5-4-6-11/h7-8,11H,3-6,14H2,1-2H3,(H,15,16). The van der Waals surface area contributed by atoms with Crippen molar-refractivity contribution in [3.8, 4) is 0 Å². The first-order chi connectivity index (χ1) is 8.65. The van der Waals surface area contributed by atoms with E-state index in [0.717, 1.165) is 25.0 Å². The van der Waals surface area contributed by atoms with E-state index < -0.39 is 0 Å². The van der Waals surface area contributed by atoms with Crippen molar-refractivity contribution >= 4 is 11.7 Å². The molecule has 0 radical (unpaired) electrons. The van der Waals surface area contributed by atoms with Crippen LogP contribution in [-0.4, -0.2) is 28.9 Å². The number of carbonyl (C=O) groups is 1. The van der Waals surface area contributed by atoms with Gasteiger partial charge in [0.1, 0.15) is 5.82 Å². The number of nitrogens with zero attached hydrogens (tertiary/aromatic N) is 2. The SMILES string of the molecule is CCc1cc(C(=O)N(C)C2CCC2)cc(NN)n1. The Morgan fingerprint density at radius 2 is 2.28 bits per heavy atom. The summed E-state index contributed by atoms with van der Waals surface area (Å²) in [6.07, 6.45) is 4.21. The summed E-state index contributed by atoms with van der Waals surface area (Å²) in [5, 5.41) is 0. The van der Waals surface area contributed by atoms with E-state index in [9.17, 15) is 4.79 Å². The van der Waals surface area contributed by atoms with Crippen molar-refractivity contribution in [2.75, 3.05) is 12.5 Å². The second-order valence-electron chi connectivity index (χ2n) is 4.73. The Morgan fingerprint density at radius 3 is 2.78 bits per heavy atom. The molecule has 1 aliphatic rings. The molecule has 1 heterocycles. The molecule has 1 aromatic rings. The number of anilines is 1. The molecule has 98 valence electrons. The zero-order valence-electron chi connectivity index (χ0n) is 10.9. The summed E-state index contributed by atoms with van der Waals surface area (Å²) >= 11 is 0. The number of hydrazine groups is 1. The molecule has 18 heavy (non-hydrogen) atoms. The molecule has 3 N–H and O–H groups in total. The number of hydrogen-bond donors (Lipinski definition) is 2. The maximum absolute atomic E-state index is 12.3. The van der Waals surface area contributed by atoms with Crippen LogP contribution in [0.3, 0.4) is 0 Å². The van der Waals surface area contributed by atoms with Gasteiger partial charge in [0.05, 0.1) is 0 Å². The molecule has 1 fully saturated rings. The number of nitrogen functional groups attached to an aromatic ring is 1. The van der Waals surface area contributed by atoms with Gasteiger partial charge < -0.3 is 10.3 Å². The van der Waals surface area contributed by atoms with Crippen LogP contribution in [0.2, 0.25) is 0 Å². The third kappa shape index (κ3) is 2.46. The number of aryl methyl sites for hydroxylation is 1. The Morgan fingerprint density at radius 1 is 1.56 bits per heavy atom. The largest absolute Gasteiger partial charge is 0.339 e. The van der Waals surface area contributed by atoms with Gasteiger partial charge in [-0.2, -0.15) is 0 Å². The zero-order chi connectivity index (χ0) is 13.1. The molecule has 0 atom stereocenters. The fraction of sp³-hybridized carbons (Fsp3) is 0.538. The molecular weight excluding hydrogens is 228 g/mol. The van der Waals surface area contributed by atoms with Crippen LogP contribution in [0.1, 0.15) is 42.2 Å². The van der Waals surface area contributed by atoms with Crippen LogP contribution >= 0.6 is 0 Å². The number of nitrogens with one attached hydrogen (secondary N) is 1. The molecular formula is C13H20N4O. The average molecular weight is 248 g/mol. The number of hydrogen-bond acceptors (Lipinski definition) is 4. The van der Waals surface area contributed by atoms with Crippen molar-refractivity contribution in [1.82, 2.24) is 9.88 Å². The van der Waals surface area contributed by atoms with Gasteiger partial charge in [0, 0.05) is 24.3 Å². The summed E-state index contributed by atoms with van der Waals surface area (Å²) in [5.74, 6) is 5.97. The van der Waals surface area contributed by atoms with Crippen molar-refractivity contribution in [1.29, 1.82) is 0 Å². The van der Waals surface area contributed by atoms with E-state index in [1.54, 1.807) is 6.07 Å². The Balaban J connectivity index is 2.22. The van der Waals surface area contributed by atoms with E-state index in [0.29, 0.717) is 17.4 Å². The van der Waals surface area contributed by atoms with Crippen LogP contribution in [0.15, 0.2) is 12.1 Å². The Bertz CT molecular complexity index is 420. The fourth-order valence-electron chi connectivity index (χ4n) is 2.11. The molecule has 0 spiro atoms. The third-order valence-electron chi connectivity index (χ3n) is 3.58. The van der Waals surface area contributed by atoms with Gasteiger partial charge in [0.25, 0.3) is 5.91 Å². The number of amides is 1. The van der Waals surface area contributed by atoms with E-state index in [1.807, 2.05) is 24.9 Å². The highest BCUT2D eigenvalue weighted by atomic mass is 16.2. The molecule has 0 saturated heterocycles. The van der Waals surface area contributed by atoms with Crippen LogP contribution in [0.4, 0.5) is 5.82 Å². The van der Waals surface area contributed by atoms with Crippen LogP contribution in [-0.2, 0) is 6.42 Å². The second kappa shape index (κ2) is 5.35. The molecule has 1 aromatic heterocycles. The first-order valence-corrected chi connectivity index (χ1v) is 6.40. The highest BCUT2D eigenvalue weighted by Crippen LogP contribution is 2.25. The number of rotatable bonds is 4. The molecule has 5 heteroatoms. The summed E-state index contributed by atoms with van der Waals surface area (Å²) in [5.41, 5.74) is 4.04. The topological polar surface area (TPSA) is 71.2 Å². The molecule has 1 amide bonds. The Kier molecular flexibility index (Phi) is 3.81. The van der Waals surface area contributed by atoms with Crippen LogP contribution in [0.5, 0.6) is 0 Å². The van der Waals surface area contributed by atoms with Gasteiger partial charge in [-0.15, -0.1) is 0 Å². The van der Waals surface area contributed by atoms with Crippen LogP contribution in [0, 0.1) is 0 Å². The maximum Gasteiger partial charge on any atom is 0.254 e. The molecule has 0 unspecified atom stereocenters. The number of pyridine rings is 1. The lowest BCUT2D eigenvalue weighted by atomic mass is 9.91. The van der Waals surface area contributed by atoms with Crippen molar-refractivity contribution in [2.45, 2.75) is 38.6 Å². The Hall–Kier alpha value is -1.62. The van der Waals surface area contributed by atoms with Gasteiger partial charge in [-0.1, -0.05) is 6.92 Å². The van der Waals surface area contributed by atoms with Gasteiger partial charge in [0.15, 0.2) is 0 Å². The van der Waals surface area contributed by atoms with Gasteiger partial charge in [-0.3, -0.25) is 4.79 Å². The van der Waals surface area contributed by atoms with Crippen LogP contribution in [0.25, 0.3) is 0 Å². The molecule has 2 rings (SSSR count). The number of carbonyl (C=O) groups excluding carboxylic acids is 1. The first-order valence-electron chi connectivity index (χ1n) is 6.40. The minimum absolute atomic E-state index is 0.0494. The Labute approximate surface area is 107 Å². The minimum Gasteiger partial charge on any atom is -0.339 e. The van der Waals surface area contributed by atoms with E-state index in [-0.39, 0.29) is 5.91 Å². The summed E-state index contributed by atoms with van der Waals surface area (Å²) in [6, 6.07) is 3.94. The highest BCUT2D eigenvalue weighted by molar-refractivity contribution is 5.95. The average Bonchev–Trinajstić information content (AvgIpc) is 2.34. The van der Waals surface area contributed by atoms with Gasteiger partial charge in [0.2, 0.25) is 0 Å². The first kappa shape index (κ1) is 12.8. The summed E-state index contributed by atoms with van der Waals surface area (Å²) in [6.45, 7) is 2.01. The monoisotopic (exact) mass is 248 g/mol. The van der Waals surface area contributed by atoms with Crippen molar-refractivity contribution in [3.05, 3.63) is 23.4 Å². The second-order valence-corrected chi connectivity index (χ2v) is 4.73. The minimum atomic E-state index is 0.0494. The number of nitrogens with two attached hydrogens (primary N) is 1. The summed E-state index contributed by atoms with van der Waals surface area (Å²) in [7, 11) is 1.87. The van der Waals surface area contributed by atoms with E-state index in [4.69, 9.17) is 5.84 Å². The molecule has 0 aromatic carbocycles. The molecule has 5 nitrogen and oxygen atoms in total. The molecule has 0 bridgehead atoms. The van der Waals surface area contributed by atoms with Gasteiger partial charge >= 0.3 is 0 Å². The molecule has 0 aliphatic heterocycles. The fourth-order valence-corrected chi connectivity index (χ4v) is 2.11. The number of aromatic nitrogens is 1. The quantitative estimate of drug-likeness (QED) is 0.626. The highest BCUT2D eigenvalue weighted by Gasteiger charge is 2.26. The lowest BCUT2D eigenvalue weighted by Gasteiger charge is -2.34. The third-order valence-corrected chi connectivity index (χ3v) is 3.58. The molecule has 1 saturated carbocycles. The predicted octanol–water partition coefficient (Wildman–Crippen LogP) is 1.55.